The van der Waals surface area contributed by atoms with Gasteiger partial charge >= 0.3 is 5.97 Å². The van der Waals surface area contributed by atoms with Gasteiger partial charge in [-0.1, -0.05) is 54.9 Å². The molecule has 0 radical (unpaired) electrons. The highest BCUT2D eigenvalue weighted by Crippen LogP contribution is 2.45. The number of esters is 1. The van der Waals surface area contributed by atoms with Crippen LogP contribution in [0.25, 0.3) is 0 Å². The lowest BCUT2D eigenvalue weighted by Gasteiger charge is -2.27. The zero-order chi connectivity index (χ0) is 30.3. The highest BCUT2D eigenvalue weighted by Gasteiger charge is 2.32. The molecule has 1 aliphatic heterocycles. The summed E-state index contributed by atoms with van der Waals surface area (Å²) < 4.78 is 28.7. The first-order chi connectivity index (χ1) is 20.9. The number of hydrogen-bond acceptors (Lipinski definition) is 8. The maximum atomic E-state index is 12.9. The molecule has 0 aliphatic carbocycles. The van der Waals surface area contributed by atoms with Crippen LogP contribution >= 0.6 is 11.6 Å². The van der Waals surface area contributed by atoms with Crippen LogP contribution in [0.15, 0.2) is 96.4 Å². The van der Waals surface area contributed by atoms with E-state index in [1.807, 2.05) is 31.2 Å². The first-order valence-corrected chi connectivity index (χ1v) is 14.0. The molecule has 2 N–H and O–H groups in total. The second kappa shape index (κ2) is 13.2. The fourth-order valence-corrected chi connectivity index (χ4v) is 4.89. The molecule has 0 saturated carbocycles. The molecule has 1 aliphatic rings. The van der Waals surface area contributed by atoms with E-state index in [1.165, 1.54) is 0 Å². The Morgan fingerprint density at radius 3 is 2.58 bits per heavy atom. The van der Waals surface area contributed by atoms with Crippen molar-refractivity contribution >= 4 is 17.6 Å². The zero-order valence-electron chi connectivity index (χ0n) is 23.6. The molecule has 0 spiro atoms. The minimum absolute atomic E-state index is 0.0396. The van der Waals surface area contributed by atoms with Gasteiger partial charge in [-0.15, -0.1) is 0 Å². The number of fused-ring (bicyclic) bond motifs is 1. The largest absolute Gasteiger partial charge is 0.494 e. The number of nitrogens with two attached hydrogens (primary N) is 1. The van der Waals surface area contributed by atoms with Crippen molar-refractivity contribution in [2.45, 2.75) is 25.9 Å². The molecule has 0 bridgehead atoms. The van der Waals surface area contributed by atoms with Crippen molar-refractivity contribution in [2.75, 3.05) is 13.7 Å². The fraction of sp³-hybridized carbons (Fsp3) is 0.176. The Balaban J connectivity index is 1.40. The van der Waals surface area contributed by atoms with Crippen LogP contribution in [0.5, 0.6) is 28.7 Å². The predicted molar refractivity (Wildman–Crippen MR) is 162 cm³/mol. The average Bonchev–Trinajstić information content (AvgIpc) is 3.02. The number of carbonyl (C=O) groups is 1. The predicted octanol–water partition coefficient (Wildman–Crippen LogP) is 7.15. The van der Waals surface area contributed by atoms with Crippen molar-refractivity contribution in [3.05, 3.63) is 124 Å². The summed E-state index contributed by atoms with van der Waals surface area (Å²) in [5.41, 5.74) is 9.04. The quantitative estimate of drug-likeness (QED) is 0.152. The number of carbonyl (C=O) groups excluding carboxylic acids is 1. The molecular formula is C34H29ClN2O6. The molecule has 8 nitrogen and oxygen atoms in total. The Bertz CT molecular complexity index is 1730. The minimum atomic E-state index is -0.558. The fourth-order valence-electron chi connectivity index (χ4n) is 4.69. The molecule has 4 aromatic rings. The van der Waals surface area contributed by atoms with Crippen molar-refractivity contribution < 1.29 is 28.5 Å². The number of halogens is 1. The number of benzene rings is 4. The molecule has 1 heterocycles. The normalized spacial score (nSPS) is 13.8. The van der Waals surface area contributed by atoms with E-state index in [4.69, 9.17) is 41.0 Å². The molecule has 0 amide bonds. The second-order valence-electron chi connectivity index (χ2n) is 9.68. The van der Waals surface area contributed by atoms with Crippen LogP contribution in [0.4, 0.5) is 0 Å². The molecular weight excluding hydrogens is 568 g/mol. The van der Waals surface area contributed by atoms with E-state index in [1.54, 1.807) is 67.8 Å². The maximum Gasteiger partial charge on any atom is 0.343 e. The van der Waals surface area contributed by atoms with E-state index in [9.17, 15) is 10.1 Å². The van der Waals surface area contributed by atoms with Gasteiger partial charge in [0, 0.05) is 22.2 Å². The Kier molecular flexibility index (Phi) is 9.04. The van der Waals surface area contributed by atoms with Gasteiger partial charge in [-0.3, -0.25) is 0 Å². The van der Waals surface area contributed by atoms with Crippen molar-refractivity contribution in [1.82, 2.24) is 0 Å². The first kappa shape index (κ1) is 29.4. The standard InChI is InChI=1S/C34H29ClN2O6/c1-3-15-40-24-9-6-8-22(16-24)34(38)42-25-12-13-26-30(18-25)43-33(37)27(19-36)32(26)21-11-14-29(31(17-21)39-2)41-20-23-7-4-5-10-28(23)35/h4-14,16-18,32H,3,15,20,37H2,1-2H3. The van der Waals surface area contributed by atoms with E-state index in [2.05, 4.69) is 6.07 Å². The number of hydrogen-bond donors (Lipinski definition) is 1. The summed E-state index contributed by atoms with van der Waals surface area (Å²) in [7, 11) is 1.54. The Morgan fingerprint density at radius 1 is 0.977 bits per heavy atom. The third-order valence-corrected chi connectivity index (χ3v) is 7.17. The number of rotatable bonds is 10. The summed E-state index contributed by atoms with van der Waals surface area (Å²) in [5, 5.41) is 10.6. The third-order valence-electron chi connectivity index (χ3n) is 6.81. The van der Waals surface area contributed by atoms with Gasteiger partial charge in [0.2, 0.25) is 5.88 Å². The number of methoxy groups -OCH3 is 1. The van der Waals surface area contributed by atoms with E-state index < -0.39 is 11.9 Å². The molecule has 5 rings (SSSR count). The maximum absolute atomic E-state index is 12.9. The highest BCUT2D eigenvalue weighted by molar-refractivity contribution is 6.31. The van der Waals surface area contributed by atoms with Crippen LogP contribution in [0.3, 0.4) is 0 Å². The average molecular weight is 597 g/mol. The first-order valence-electron chi connectivity index (χ1n) is 13.6. The van der Waals surface area contributed by atoms with Crippen LogP contribution in [0.1, 0.15) is 46.3 Å². The molecule has 1 atom stereocenters. The summed E-state index contributed by atoms with van der Waals surface area (Å²) in [6.45, 7) is 2.81. The molecule has 0 saturated heterocycles. The van der Waals surface area contributed by atoms with Gasteiger partial charge in [0.15, 0.2) is 11.5 Å². The lowest BCUT2D eigenvalue weighted by Crippen LogP contribution is -2.21. The summed E-state index contributed by atoms with van der Waals surface area (Å²) in [6.07, 6.45) is 0.851. The number of allylic oxidation sites excluding steroid dienone is 1. The summed E-state index contributed by atoms with van der Waals surface area (Å²) in [4.78, 5) is 12.9. The van der Waals surface area contributed by atoms with Crippen LogP contribution < -0.4 is 29.4 Å². The van der Waals surface area contributed by atoms with Crippen LogP contribution in [0, 0.1) is 11.3 Å². The topological polar surface area (TPSA) is 113 Å². The van der Waals surface area contributed by atoms with Crippen LogP contribution in [-0.2, 0) is 6.61 Å². The van der Waals surface area contributed by atoms with E-state index in [0.717, 1.165) is 17.5 Å². The van der Waals surface area contributed by atoms with Crippen LogP contribution in [-0.4, -0.2) is 19.7 Å². The lowest BCUT2D eigenvalue weighted by atomic mass is 9.83. The smallest absolute Gasteiger partial charge is 0.343 e. The monoisotopic (exact) mass is 596 g/mol. The van der Waals surface area contributed by atoms with Gasteiger partial charge < -0.3 is 29.4 Å². The van der Waals surface area contributed by atoms with Crippen molar-refractivity contribution in [3.8, 4) is 34.8 Å². The number of nitriles is 1. The van der Waals surface area contributed by atoms with E-state index in [-0.39, 0.29) is 23.8 Å². The summed E-state index contributed by atoms with van der Waals surface area (Å²) >= 11 is 6.27. The van der Waals surface area contributed by atoms with E-state index >= 15 is 0 Å². The number of nitrogens with zero attached hydrogens (tertiary/aromatic N) is 1. The summed E-state index contributed by atoms with van der Waals surface area (Å²) in [5.74, 6) is 1.06. The van der Waals surface area contributed by atoms with Crippen molar-refractivity contribution in [2.24, 2.45) is 5.73 Å². The third kappa shape index (κ3) is 6.53. The van der Waals surface area contributed by atoms with Gasteiger partial charge in [0.25, 0.3) is 0 Å². The van der Waals surface area contributed by atoms with Gasteiger partial charge in [-0.25, -0.2) is 4.79 Å². The molecule has 4 aromatic carbocycles. The van der Waals surface area contributed by atoms with Gasteiger partial charge in [0.1, 0.15) is 35.5 Å². The van der Waals surface area contributed by atoms with Gasteiger partial charge in [-0.2, -0.15) is 5.26 Å². The summed E-state index contributed by atoms with van der Waals surface area (Å²) in [6, 6.07) is 26.8. The highest BCUT2D eigenvalue weighted by atomic mass is 35.5. The zero-order valence-corrected chi connectivity index (χ0v) is 24.4. The Labute approximate surface area is 254 Å². The Hall–Kier alpha value is -5.13. The second-order valence-corrected chi connectivity index (χ2v) is 10.1. The molecule has 218 valence electrons. The lowest BCUT2D eigenvalue weighted by molar-refractivity contribution is 0.0734. The van der Waals surface area contributed by atoms with E-state index in [0.29, 0.717) is 45.8 Å². The van der Waals surface area contributed by atoms with Crippen LogP contribution in [0.2, 0.25) is 5.02 Å². The SMILES string of the molecule is CCCOc1cccc(C(=O)Oc2ccc3c(c2)OC(N)=C(C#N)C3c2ccc(OCc3ccccc3Cl)c(OC)c2)c1. The molecule has 43 heavy (non-hydrogen) atoms. The molecule has 0 fully saturated rings. The number of ether oxygens (including phenoxy) is 5. The molecule has 9 heteroatoms. The van der Waals surface area contributed by atoms with Gasteiger partial charge in [0.05, 0.1) is 25.2 Å². The van der Waals surface area contributed by atoms with Gasteiger partial charge in [-0.05, 0) is 54.4 Å². The molecule has 1 unspecified atom stereocenters. The Morgan fingerprint density at radius 2 is 1.81 bits per heavy atom. The van der Waals surface area contributed by atoms with Crippen molar-refractivity contribution in [3.63, 3.8) is 0 Å². The molecule has 0 aromatic heterocycles. The van der Waals surface area contributed by atoms with Crippen molar-refractivity contribution in [1.29, 1.82) is 5.26 Å². The minimum Gasteiger partial charge on any atom is -0.494 e.